The van der Waals surface area contributed by atoms with Gasteiger partial charge in [-0.2, -0.15) is 0 Å². The van der Waals surface area contributed by atoms with E-state index in [1.165, 1.54) is 25.3 Å². The lowest BCUT2D eigenvalue weighted by atomic mass is 9.72. The molecule has 0 spiro atoms. The van der Waals surface area contributed by atoms with Gasteiger partial charge in [0.05, 0.1) is 32.1 Å². The lowest BCUT2D eigenvalue weighted by Gasteiger charge is -2.36. The maximum absolute atomic E-state index is 12.4. The molecule has 1 fully saturated rings. The van der Waals surface area contributed by atoms with Crippen molar-refractivity contribution in [3.05, 3.63) is 29.8 Å². The summed E-state index contributed by atoms with van der Waals surface area (Å²) < 4.78 is 15.7. The highest BCUT2D eigenvalue weighted by Crippen LogP contribution is 2.39. The van der Waals surface area contributed by atoms with Gasteiger partial charge in [0.15, 0.2) is 11.5 Å². The third kappa shape index (κ3) is 10.6. The molecule has 0 aromatic heterocycles. The van der Waals surface area contributed by atoms with E-state index in [0.29, 0.717) is 18.4 Å². The van der Waals surface area contributed by atoms with E-state index in [-0.39, 0.29) is 43.1 Å². The monoisotopic (exact) mass is 510 g/mol. The Hall–Kier alpha value is -3.19. The van der Waals surface area contributed by atoms with E-state index in [1.807, 2.05) is 0 Å². The summed E-state index contributed by atoms with van der Waals surface area (Å²) in [5.41, 5.74) is 0.142. The number of amides is 1. The van der Waals surface area contributed by atoms with Crippen molar-refractivity contribution in [2.75, 3.05) is 26.9 Å². The molecule has 2 rings (SSSR count). The molecular weight excluding hydrogens is 476 g/mol. The largest absolute Gasteiger partial charge is 0.493 e. The number of rotatable bonds is 14. The van der Waals surface area contributed by atoms with Crippen LogP contribution in [-0.2, 0) is 19.2 Å². The maximum Gasteiger partial charge on any atom is 0.412 e. The fourth-order valence-corrected chi connectivity index (χ4v) is 4.04. The number of ether oxygens (including phenoxy) is 3. The second-order valence-corrected chi connectivity index (χ2v) is 8.58. The van der Waals surface area contributed by atoms with Gasteiger partial charge in [0.1, 0.15) is 0 Å². The predicted octanol–water partition coefficient (Wildman–Crippen LogP) is 3.56. The Bertz CT molecular complexity index is 897. The first-order chi connectivity index (χ1) is 17.2. The van der Waals surface area contributed by atoms with Crippen LogP contribution < -0.4 is 14.8 Å². The van der Waals surface area contributed by atoms with Crippen LogP contribution in [0.1, 0.15) is 56.9 Å². The molecule has 200 valence electrons. The number of nitrogens with zero attached hydrogens (tertiary/aromatic N) is 1. The van der Waals surface area contributed by atoms with Crippen molar-refractivity contribution in [3.8, 4) is 11.5 Å². The van der Waals surface area contributed by atoms with Gasteiger partial charge >= 0.3 is 18.0 Å². The highest BCUT2D eigenvalue weighted by Gasteiger charge is 2.35. The number of unbranched alkanes of at least 4 members (excludes halogenated alkanes) is 1. The summed E-state index contributed by atoms with van der Waals surface area (Å²) in [6.45, 7) is 0.426. The highest BCUT2D eigenvalue weighted by atomic mass is 17.1. The maximum atomic E-state index is 12.4. The van der Waals surface area contributed by atoms with Crippen LogP contribution in [0.25, 0.3) is 6.08 Å². The van der Waals surface area contributed by atoms with Gasteiger partial charge < -0.3 is 24.6 Å². The standard InChI is InChI=1S/C24H34N2O10/c1-33-20-15-18(8-10-22(29)34-13-5-6-14-35-26(31)32)7-9-19(20)36-23(30)25-17-24(16-21(27)28)11-3-2-4-12-24/h7-10,15,31-32H,2-6,11-14,16-17H2,1H3,(H,25,30)(H,27,28)/b10-8+. The van der Waals surface area contributed by atoms with Crippen LogP contribution in [0.5, 0.6) is 11.5 Å². The molecule has 1 aliphatic rings. The number of nitrogens with one attached hydrogen (secondary N) is 1. The van der Waals surface area contributed by atoms with Gasteiger partial charge in [0.2, 0.25) is 0 Å². The van der Waals surface area contributed by atoms with Crippen LogP contribution >= 0.6 is 0 Å². The number of carboxylic acids is 1. The van der Waals surface area contributed by atoms with Crippen molar-refractivity contribution in [2.24, 2.45) is 5.41 Å². The molecule has 1 aliphatic carbocycles. The molecule has 0 atom stereocenters. The zero-order valence-electron chi connectivity index (χ0n) is 20.3. The van der Waals surface area contributed by atoms with Gasteiger partial charge in [-0.3, -0.25) is 20.0 Å². The van der Waals surface area contributed by atoms with Crippen LogP contribution in [0.4, 0.5) is 4.79 Å². The van der Waals surface area contributed by atoms with Crippen molar-refractivity contribution in [3.63, 3.8) is 0 Å². The zero-order chi connectivity index (χ0) is 26.4. The highest BCUT2D eigenvalue weighted by molar-refractivity contribution is 5.87. The quantitative estimate of drug-likeness (QED) is 0.125. The third-order valence-corrected chi connectivity index (χ3v) is 5.84. The average Bonchev–Trinajstić information content (AvgIpc) is 2.84. The summed E-state index contributed by atoms with van der Waals surface area (Å²) in [4.78, 5) is 40.0. The number of hydrogen-bond acceptors (Lipinski definition) is 10. The number of carboxylic acid groups (broad SMARTS) is 1. The van der Waals surface area contributed by atoms with Gasteiger partial charge in [-0.25, -0.2) is 9.59 Å². The van der Waals surface area contributed by atoms with E-state index in [4.69, 9.17) is 24.6 Å². The summed E-state index contributed by atoms with van der Waals surface area (Å²) in [6.07, 6.45) is 7.42. The first-order valence-electron chi connectivity index (χ1n) is 11.7. The van der Waals surface area contributed by atoms with E-state index >= 15 is 0 Å². The lowest BCUT2D eigenvalue weighted by Crippen LogP contribution is -2.41. The van der Waals surface area contributed by atoms with Crippen molar-refractivity contribution in [1.82, 2.24) is 10.7 Å². The first kappa shape index (κ1) is 29.0. The summed E-state index contributed by atoms with van der Waals surface area (Å²) in [6, 6.07) is 4.75. The molecule has 1 aromatic carbocycles. The van der Waals surface area contributed by atoms with Crippen molar-refractivity contribution >= 4 is 24.1 Å². The number of aliphatic carboxylic acids is 1. The Morgan fingerprint density at radius 2 is 1.81 bits per heavy atom. The second-order valence-electron chi connectivity index (χ2n) is 8.58. The smallest absolute Gasteiger partial charge is 0.412 e. The van der Waals surface area contributed by atoms with Crippen molar-refractivity contribution < 1.29 is 49.0 Å². The summed E-state index contributed by atoms with van der Waals surface area (Å²) in [5, 5.41) is 28.4. The van der Waals surface area contributed by atoms with Crippen LogP contribution in [-0.4, -0.2) is 65.8 Å². The SMILES string of the molecule is COc1cc(/C=C/C(=O)OCCCCON(O)O)ccc1OC(=O)NCC1(CC(=O)O)CCCCC1. The second kappa shape index (κ2) is 15.0. The van der Waals surface area contributed by atoms with Gasteiger partial charge in [-0.1, -0.05) is 25.3 Å². The Morgan fingerprint density at radius 1 is 1.08 bits per heavy atom. The number of esters is 1. The van der Waals surface area contributed by atoms with Crippen molar-refractivity contribution in [2.45, 2.75) is 51.4 Å². The average molecular weight is 511 g/mol. The first-order valence-corrected chi connectivity index (χ1v) is 11.7. The molecule has 0 aliphatic heterocycles. The number of hydrogen-bond donors (Lipinski definition) is 4. The van der Waals surface area contributed by atoms with Crippen LogP contribution in [0.15, 0.2) is 24.3 Å². The van der Waals surface area contributed by atoms with E-state index in [0.717, 1.165) is 32.1 Å². The van der Waals surface area contributed by atoms with Gasteiger partial charge in [0.25, 0.3) is 0 Å². The molecule has 12 nitrogen and oxygen atoms in total. The molecule has 0 bridgehead atoms. The van der Waals surface area contributed by atoms with Crippen LogP contribution in [0.2, 0.25) is 0 Å². The molecular formula is C24H34N2O10. The van der Waals surface area contributed by atoms with Crippen molar-refractivity contribution in [1.29, 1.82) is 0 Å². The normalized spacial score (nSPS) is 15.0. The molecule has 0 heterocycles. The number of carbonyl (C=O) groups excluding carboxylic acids is 2. The Labute approximate surface area is 209 Å². The Balaban J connectivity index is 1.85. The van der Waals surface area contributed by atoms with Crippen LogP contribution in [0, 0.1) is 5.41 Å². The molecule has 36 heavy (non-hydrogen) atoms. The molecule has 0 unspecified atom stereocenters. The Kier molecular flexibility index (Phi) is 12.1. The number of benzene rings is 1. The summed E-state index contributed by atoms with van der Waals surface area (Å²) >= 11 is 0. The number of methoxy groups -OCH3 is 1. The lowest BCUT2D eigenvalue weighted by molar-refractivity contribution is -0.492. The third-order valence-electron chi connectivity index (χ3n) is 5.84. The predicted molar refractivity (Wildman–Crippen MR) is 125 cm³/mol. The molecule has 0 saturated heterocycles. The minimum Gasteiger partial charge on any atom is -0.493 e. The fraction of sp³-hybridized carbons (Fsp3) is 0.542. The minimum absolute atomic E-state index is 0.000646. The fourth-order valence-electron chi connectivity index (χ4n) is 4.04. The van der Waals surface area contributed by atoms with Gasteiger partial charge in [-0.05, 0) is 54.9 Å². The van der Waals surface area contributed by atoms with Gasteiger partial charge in [-0.15, -0.1) is 0 Å². The molecule has 0 radical (unpaired) electrons. The molecule has 1 aromatic rings. The molecule has 1 amide bonds. The zero-order valence-corrected chi connectivity index (χ0v) is 20.3. The summed E-state index contributed by atoms with van der Waals surface area (Å²) in [7, 11) is 1.42. The molecule has 1 saturated carbocycles. The molecule has 12 heteroatoms. The summed E-state index contributed by atoms with van der Waals surface area (Å²) in [5.74, 6) is -0.982. The minimum atomic E-state index is -0.881. The van der Waals surface area contributed by atoms with Crippen LogP contribution in [0.3, 0.4) is 0 Å². The number of carbonyl (C=O) groups is 3. The van der Waals surface area contributed by atoms with E-state index in [9.17, 15) is 19.5 Å². The van der Waals surface area contributed by atoms with E-state index in [1.54, 1.807) is 12.1 Å². The Morgan fingerprint density at radius 3 is 2.47 bits per heavy atom. The molecule has 4 N–H and O–H groups in total. The van der Waals surface area contributed by atoms with Gasteiger partial charge in [0, 0.05) is 12.6 Å². The van der Waals surface area contributed by atoms with E-state index < -0.39 is 23.4 Å². The topological polar surface area (TPSA) is 164 Å². The van der Waals surface area contributed by atoms with E-state index in [2.05, 4.69) is 10.2 Å².